The van der Waals surface area contributed by atoms with Crippen LogP contribution in [-0.4, -0.2) is 58.3 Å². The number of amides is 1. The molecule has 5 heterocycles. The van der Waals surface area contributed by atoms with Crippen molar-refractivity contribution in [3.63, 3.8) is 0 Å². The number of hydrogen-bond donors (Lipinski definition) is 1. The molecule has 0 saturated heterocycles. The average molecular weight is 530 g/mol. The molecule has 0 spiro atoms. The van der Waals surface area contributed by atoms with E-state index in [4.69, 9.17) is 14.5 Å². The van der Waals surface area contributed by atoms with Gasteiger partial charge in [-0.2, -0.15) is 0 Å². The quantitative estimate of drug-likeness (QED) is 0.524. The van der Waals surface area contributed by atoms with E-state index in [9.17, 15) is 4.79 Å². The van der Waals surface area contributed by atoms with Crippen LogP contribution in [0.15, 0.2) is 30.6 Å². The van der Waals surface area contributed by atoms with Gasteiger partial charge in [0.05, 0.1) is 30.7 Å². The number of benzene rings is 1. The summed E-state index contributed by atoms with van der Waals surface area (Å²) in [6, 6.07) is 6.46. The fourth-order valence-electron chi connectivity index (χ4n) is 5.49. The van der Waals surface area contributed by atoms with Crippen LogP contribution in [0.4, 0.5) is 27.8 Å². The van der Waals surface area contributed by atoms with E-state index in [1.54, 1.807) is 4.90 Å². The van der Waals surface area contributed by atoms with Crippen molar-refractivity contribution in [3.8, 4) is 5.88 Å². The molecule has 0 radical (unpaired) electrons. The number of pyridine rings is 1. The van der Waals surface area contributed by atoms with E-state index in [2.05, 4.69) is 50.3 Å². The van der Waals surface area contributed by atoms with Gasteiger partial charge in [0.2, 0.25) is 11.8 Å². The molecule has 204 valence electrons. The number of hydrogen-bond acceptors (Lipinski definition) is 9. The molecule has 0 aliphatic carbocycles. The fourth-order valence-corrected chi connectivity index (χ4v) is 5.49. The number of aromatic nitrogens is 3. The van der Waals surface area contributed by atoms with Gasteiger partial charge in [0, 0.05) is 37.1 Å². The third kappa shape index (κ3) is 5.08. The molecule has 0 fully saturated rings. The zero-order chi connectivity index (χ0) is 27.3. The topological polar surface area (TPSA) is 96.0 Å². The van der Waals surface area contributed by atoms with Crippen molar-refractivity contribution in [3.05, 3.63) is 58.5 Å². The van der Waals surface area contributed by atoms with Crippen molar-refractivity contribution in [2.45, 2.75) is 59.4 Å². The second-order valence-electron chi connectivity index (χ2n) is 11.5. The monoisotopic (exact) mass is 529 g/mol. The minimum absolute atomic E-state index is 0.378. The number of nitrogens with one attached hydrogen (secondary N) is 1. The van der Waals surface area contributed by atoms with Crippen LogP contribution in [0.3, 0.4) is 0 Å². The lowest BCUT2D eigenvalue weighted by atomic mass is 10.0. The first-order valence-electron chi connectivity index (χ1n) is 13.4. The molecule has 1 amide bonds. The van der Waals surface area contributed by atoms with E-state index in [1.165, 1.54) is 11.1 Å². The highest BCUT2D eigenvalue weighted by Gasteiger charge is 2.32. The van der Waals surface area contributed by atoms with Gasteiger partial charge in [-0.25, -0.2) is 19.7 Å². The van der Waals surface area contributed by atoms with Crippen LogP contribution in [0.1, 0.15) is 48.7 Å². The normalized spacial score (nSPS) is 16.7. The summed E-state index contributed by atoms with van der Waals surface area (Å²) in [4.78, 5) is 33.3. The first-order valence-corrected chi connectivity index (χ1v) is 13.4. The van der Waals surface area contributed by atoms with Crippen molar-refractivity contribution in [1.82, 2.24) is 19.9 Å². The standard InChI is InChI=1S/C29H35N7O3/c1-18-24(14-30-26-25(18)36(10-11-38-26)28(37)39-29(2,3)4)35-9-8-19-13-31-27(33-23(19)17-35)32-22-7-6-20-15-34(5)16-21(20)12-22/h6-7,12-14H,8-11,15-17H2,1-5H3,(H,31,32,33). The molecule has 39 heavy (non-hydrogen) atoms. The van der Waals surface area contributed by atoms with Gasteiger partial charge in [-0.05, 0) is 70.0 Å². The van der Waals surface area contributed by atoms with E-state index in [-0.39, 0.29) is 6.09 Å². The highest BCUT2D eigenvalue weighted by molar-refractivity contribution is 5.92. The van der Waals surface area contributed by atoms with Crippen LogP contribution >= 0.6 is 0 Å². The van der Waals surface area contributed by atoms with Crippen LogP contribution < -0.4 is 19.9 Å². The SMILES string of the molecule is Cc1c(N2CCc3cnc(Nc4ccc5c(c4)CN(C)C5)nc3C2)cnc2c1N(C(=O)OC(C)(C)C)CCO2. The smallest absolute Gasteiger partial charge is 0.415 e. The fraction of sp³-hybridized carbons (Fsp3) is 0.448. The number of fused-ring (bicyclic) bond motifs is 3. The van der Waals surface area contributed by atoms with Crippen LogP contribution in [0, 0.1) is 6.92 Å². The number of carbonyl (C=O) groups excluding carboxylic acids is 1. The summed E-state index contributed by atoms with van der Waals surface area (Å²) < 4.78 is 11.5. The summed E-state index contributed by atoms with van der Waals surface area (Å²) in [7, 11) is 2.13. The van der Waals surface area contributed by atoms with Crippen LogP contribution in [-0.2, 0) is 30.8 Å². The maximum absolute atomic E-state index is 13.0. The molecule has 3 aliphatic heterocycles. The Kier molecular flexibility index (Phi) is 6.29. The van der Waals surface area contributed by atoms with Crippen LogP contribution in [0.2, 0.25) is 0 Å². The molecule has 2 aromatic heterocycles. The largest absolute Gasteiger partial charge is 0.474 e. The summed E-state index contributed by atoms with van der Waals surface area (Å²) in [6.07, 6.45) is 4.20. The Morgan fingerprint density at radius 2 is 1.87 bits per heavy atom. The van der Waals surface area contributed by atoms with Gasteiger partial charge in [0.25, 0.3) is 0 Å². The molecule has 0 saturated carbocycles. The maximum Gasteiger partial charge on any atom is 0.415 e. The van der Waals surface area contributed by atoms with Gasteiger partial charge in [0.1, 0.15) is 17.9 Å². The molecule has 3 aromatic rings. The van der Waals surface area contributed by atoms with Gasteiger partial charge < -0.3 is 19.7 Å². The summed E-state index contributed by atoms with van der Waals surface area (Å²) in [5.74, 6) is 1.05. The van der Waals surface area contributed by atoms with Crippen LogP contribution in [0.5, 0.6) is 5.88 Å². The average Bonchev–Trinajstić information content (AvgIpc) is 3.26. The highest BCUT2D eigenvalue weighted by atomic mass is 16.6. The molecular weight excluding hydrogens is 494 g/mol. The molecule has 10 heteroatoms. The lowest BCUT2D eigenvalue weighted by Crippen LogP contribution is -2.42. The van der Waals surface area contributed by atoms with E-state index in [0.717, 1.165) is 54.3 Å². The zero-order valence-electron chi connectivity index (χ0n) is 23.2. The van der Waals surface area contributed by atoms with Crippen LogP contribution in [0.25, 0.3) is 0 Å². The Morgan fingerprint density at radius 3 is 2.69 bits per heavy atom. The number of nitrogens with zero attached hydrogens (tertiary/aromatic N) is 6. The lowest BCUT2D eigenvalue weighted by molar-refractivity contribution is 0.0566. The second-order valence-corrected chi connectivity index (χ2v) is 11.5. The molecule has 0 atom stereocenters. The third-order valence-corrected chi connectivity index (χ3v) is 7.31. The number of ether oxygens (including phenoxy) is 2. The number of carbonyl (C=O) groups is 1. The summed E-state index contributed by atoms with van der Waals surface area (Å²) in [5.41, 5.74) is 7.80. The molecule has 10 nitrogen and oxygen atoms in total. The third-order valence-electron chi connectivity index (χ3n) is 7.31. The minimum atomic E-state index is -0.591. The Morgan fingerprint density at radius 1 is 1.05 bits per heavy atom. The van der Waals surface area contributed by atoms with Crippen molar-refractivity contribution in [2.75, 3.05) is 41.9 Å². The van der Waals surface area contributed by atoms with E-state index >= 15 is 0 Å². The van der Waals surface area contributed by atoms with Crippen molar-refractivity contribution in [1.29, 1.82) is 0 Å². The van der Waals surface area contributed by atoms with E-state index in [1.807, 2.05) is 40.1 Å². The number of anilines is 4. The van der Waals surface area contributed by atoms with Crippen molar-refractivity contribution < 1.29 is 14.3 Å². The Bertz CT molecular complexity index is 1440. The maximum atomic E-state index is 13.0. The zero-order valence-corrected chi connectivity index (χ0v) is 23.2. The molecule has 1 N–H and O–H groups in total. The molecule has 0 unspecified atom stereocenters. The van der Waals surface area contributed by atoms with Gasteiger partial charge in [-0.1, -0.05) is 6.07 Å². The van der Waals surface area contributed by atoms with E-state index in [0.29, 0.717) is 37.2 Å². The lowest BCUT2D eigenvalue weighted by Gasteiger charge is -2.35. The Labute approximate surface area is 229 Å². The first-order chi connectivity index (χ1) is 18.6. The van der Waals surface area contributed by atoms with Gasteiger partial charge >= 0.3 is 6.09 Å². The molecule has 1 aromatic carbocycles. The molecule has 3 aliphatic rings. The predicted octanol–water partition coefficient (Wildman–Crippen LogP) is 4.57. The van der Waals surface area contributed by atoms with Crippen molar-refractivity contribution >= 4 is 29.1 Å². The van der Waals surface area contributed by atoms with Gasteiger partial charge in [0.15, 0.2) is 0 Å². The van der Waals surface area contributed by atoms with Gasteiger partial charge in [-0.3, -0.25) is 9.80 Å². The minimum Gasteiger partial charge on any atom is -0.474 e. The summed E-state index contributed by atoms with van der Waals surface area (Å²) in [5, 5.41) is 3.40. The number of rotatable bonds is 3. The molecular formula is C29H35N7O3. The first kappa shape index (κ1) is 25.4. The summed E-state index contributed by atoms with van der Waals surface area (Å²) >= 11 is 0. The Hall–Kier alpha value is -3.92. The highest BCUT2D eigenvalue weighted by Crippen LogP contribution is 2.40. The second kappa shape index (κ2) is 9.68. The molecule has 6 rings (SSSR count). The van der Waals surface area contributed by atoms with E-state index < -0.39 is 5.60 Å². The summed E-state index contributed by atoms with van der Waals surface area (Å²) in [6.45, 7) is 11.8. The Balaban J connectivity index is 1.24. The van der Waals surface area contributed by atoms with Crippen molar-refractivity contribution in [2.24, 2.45) is 0 Å². The van der Waals surface area contributed by atoms with Gasteiger partial charge in [-0.15, -0.1) is 0 Å². The molecule has 0 bridgehead atoms. The predicted molar refractivity (Wildman–Crippen MR) is 150 cm³/mol.